The number of para-hydroxylation sites is 1. The summed E-state index contributed by atoms with van der Waals surface area (Å²) in [4.78, 5) is 40.7. The summed E-state index contributed by atoms with van der Waals surface area (Å²) in [6.07, 6.45) is 6.37. The van der Waals surface area contributed by atoms with Crippen LogP contribution in [-0.2, 0) is 33.8 Å². The van der Waals surface area contributed by atoms with E-state index in [9.17, 15) is 14.4 Å². The molecule has 0 bridgehead atoms. The minimum absolute atomic E-state index is 0.112. The highest BCUT2D eigenvalue weighted by Crippen LogP contribution is 2.39. The van der Waals surface area contributed by atoms with Crippen LogP contribution >= 0.6 is 0 Å². The Balaban J connectivity index is 1.55. The smallest absolute Gasteiger partial charge is 0.250 e. The van der Waals surface area contributed by atoms with E-state index < -0.39 is 12.1 Å². The number of anilines is 1. The van der Waals surface area contributed by atoms with Gasteiger partial charge >= 0.3 is 0 Å². The average molecular weight is 424 g/mol. The Bertz CT molecular complexity index is 972. The molecule has 0 saturated heterocycles. The Morgan fingerprint density at radius 1 is 1.32 bits per heavy atom. The standard InChI is InChI=1S/C23H29N5O3/c1-3-14(2)9-20(29)27-18-8-7-16-5-4-6-17-10-19(28(21(16)17)23(18)31)22(30)24-11-15-12-25-26-13-15/h4-6,12-14,18-19H,3,7-11H2,1-2H3,(H,24,30)(H,25,26)(H,27,29)/t14-,18-,19-/m0/s1. The normalized spacial score (nSPS) is 20.7. The van der Waals surface area contributed by atoms with Crippen LogP contribution in [-0.4, -0.2) is 40.0 Å². The Labute approximate surface area is 181 Å². The van der Waals surface area contributed by atoms with Gasteiger partial charge in [0, 0.05) is 31.1 Å². The summed E-state index contributed by atoms with van der Waals surface area (Å²) in [5.74, 6) is -0.259. The van der Waals surface area contributed by atoms with Crippen molar-refractivity contribution in [3.8, 4) is 0 Å². The fourth-order valence-corrected chi connectivity index (χ4v) is 4.37. The zero-order valence-corrected chi connectivity index (χ0v) is 18.0. The molecule has 3 heterocycles. The molecule has 4 rings (SSSR count). The fraction of sp³-hybridized carbons (Fsp3) is 0.478. The van der Waals surface area contributed by atoms with Crippen molar-refractivity contribution in [1.82, 2.24) is 20.8 Å². The van der Waals surface area contributed by atoms with E-state index in [-0.39, 0.29) is 23.6 Å². The Morgan fingerprint density at radius 2 is 2.13 bits per heavy atom. The fourth-order valence-electron chi connectivity index (χ4n) is 4.37. The van der Waals surface area contributed by atoms with Crippen molar-refractivity contribution in [2.75, 3.05) is 4.90 Å². The lowest BCUT2D eigenvalue weighted by molar-refractivity contribution is -0.129. The molecule has 8 heteroatoms. The SMILES string of the molecule is CC[C@H](C)CC(=O)N[C@H]1CCc2cccc3c2N(C1=O)[C@H](C(=O)NCc1cn[nH]c1)C3. The highest BCUT2D eigenvalue weighted by atomic mass is 16.2. The first-order valence-corrected chi connectivity index (χ1v) is 11.0. The summed E-state index contributed by atoms with van der Waals surface area (Å²) in [7, 11) is 0. The first-order chi connectivity index (χ1) is 15.0. The number of carbonyl (C=O) groups excluding carboxylic acids is 3. The first-order valence-electron chi connectivity index (χ1n) is 11.0. The highest BCUT2D eigenvalue weighted by molar-refractivity contribution is 6.07. The quantitative estimate of drug-likeness (QED) is 0.632. The first kappa shape index (κ1) is 21.1. The maximum absolute atomic E-state index is 13.5. The molecule has 0 radical (unpaired) electrons. The van der Waals surface area contributed by atoms with Crippen molar-refractivity contribution >= 4 is 23.4 Å². The lowest BCUT2D eigenvalue weighted by Gasteiger charge is -2.28. The van der Waals surface area contributed by atoms with E-state index in [0.717, 1.165) is 28.8 Å². The summed E-state index contributed by atoms with van der Waals surface area (Å²) in [6, 6.07) is 4.71. The number of aryl methyl sites for hydroxylation is 1. The Morgan fingerprint density at radius 3 is 2.87 bits per heavy atom. The van der Waals surface area contributed by atoms with Gasteiger partial charge in [0.15, 0.2) is 0 Å². The van der Waals surface area contributed by atoms with Crippen molar-refractivity contribution in [2.24, 2.45) is 5.92 Å². The number of H-pyrrole nitrogens is 1. The molecular formula is C23H29N5O3. The van der Waals surface area contributed by atoms with E-state index >= 15 is 0 Å². The van der Waals surface area contributed by atoms with Crippen LogP contribution in [0.5, 0.6) is 0 Å². The molecule has 164 valence electrons. The highest BCUT2D eigenvalue weighted by Gasteiger charge is 2.43. The van der Waals surface area contributed by atoms with Crippen molar-refractivity contribution in [1.29, 1.82) is 0 Å². The summed E-state index contributed by atoms with van der Waals surface area (Å²) in [6.45, 7) is 4.41. The topological polar surface area (TPSA) is 107 Å². The largest absolute Gasteiger partial charge is 0.350 e. The molecule has 3 atom stereocenters. The maximum atomic E-state index is 13.5. The predicted molar refractivity (Wildman–Crippen MR) is 116 cm³/mol. The van der Waals surface area contributed by atoms with Gasteiger partial charge in [0.05, 0.1) is 11.9 Å². The van der Waals surface area contributed by atoms with Gasteiger partial charge in [-0.05, 0) is 29.9 Å². The Hall–Kier alpha value is -3.16. The van der Waals surface area contributed by atoms with Crippen LogP contribution in [0.2, 0.25) is 0 Å². The van der Waals surface area contributed by atoms with E-state index in [4.69, 9.17) is 0 Å². The van der Waals surface area contributed by atoms with E-state index in [1.165, 1.54) is 0 Å². The van der Waals surface area contributed by atoms with Crippen LogP contribution in [0.15, 0.2) is 30.6 Å². The molecule has 0 spiro atoms. The van der Waals surface area contributed by atoms with Crippen molar-refractivity contribution in [3.63, 3.8) is 0 Å². The number of hydrogen-bond donors (Lipinski definition) is 3. The predicted octanol–water partition coefficient (Wildman–Crippen LogP) is 1.85. The summed E-state index contributed by atoms with van der Waals surface area (Å²) in [5, 5.41) is 12.5. The van der Waals surface area contributed by atoms with Gasteiger partial charge in [0.1, 0.15) is 12.1 Å². The number of carbonyl (C=O) groups is 3. The van der Waals surface area contributed by atoms with E-state index in [2.05, 4.69) is 20.8 Å². The molecule has 2 aromatic rings. The number of aromatic nitrogens is 2. The molecule has 3 N–H and O–H groups in total. The lowest BCUT2D eigenvalue weighted by atomic mass is 10.0. The third-order valence-corrected chi connectivity index (χ3v) is 6.30. The summed E-state index contributed by atoms with van der Waals surface area (Å²) in [5.41, 5.74) is 3.76. The minimum atomic E-state index is -0.626. The second kappa shape index (κ2) is 8.91. The molecule has 0 fully saturated rings. The zero-order chi connectivity index (χ0) is 22.0. The van der Waals surface area contributed by atoms with Gasteiger partial charge in [0.25, 0.3) is 0 Å². The third kappa shape index (κ3) is 4.33. The van der Waals surface area contributed by atoms with Crippen LogP contribution in [0.25, 0.3) is 0 Å². The van der Waals surface area contributed by atoms with Crippen LogP contribution < -0.4 is 15.5 Å². The van der Waals surface area contributed by atoms with E-state index in [1.54, 1.807) is 17.3 Å². The number of amides is 3. The summed E-state index contributed by atoms with van der Waals surface area (Å²) >= 11 is 0. The molecule has 2 aliphatic heterocycles. The number of hydrogen-bond acceptors (Lipinski definition) is 4. The number of nitrogens with one attached hydrogen (secondary N) is 3. The van der Waals surface area contributed by atoms with Crippen molar-refractivity contribution in [3.05, 3.63) is 47.3 Å². The number of benzene rings is 1. The molecule has 0 aliphatic carbocycles. The second-order valence-corrected chi connectivity index (χ2v) is 8.55. The molecule has 8 nitrogen and oxygen atoms in total. The monoisotopic (exact) mass is 423 g/mol. The van der Waals surface area contributed by atoms with Crippen LogP contribution in [0.4, 0.5) is 5.69 Å². The van der Waals surface area contributed by atoms with Crippen LogP contribution in [0.1, 0.15) is 49.8 Å². The molecular weight excluding hydrogens is 394 g/mol. The Kier molecular flexibility index (Phi) is 6.06. The number of aromatic amines is 1. The van der Waals surface area contributed by atoms with Crippen molar-refractivity contribution < 1.29 is 14.4 Å². The van der Waals surface area contributed by atoms with Gasteiger partial charge in [-0.3, -0.25) is 24.4 Å². The van der Waals surface area contributed by atoms with Crippen LogP contribution in [0.3, 0.4) is 0 Å². The molecule has 0 unspecified atom stereocenters. The maximum Gasteiger partial charge on any atom is 0.250 e. The molecule has 0 saturated carbocycles. The van der Waals surface area contributed by atoms with Gasteiger partial charge in [-0.2, -0.15) is 5.10 Å². The van der Waals surface area contributed by atoms with Gasteiger partial charge in [-0.25, -0.2) is 0 Å². The van der Waals surface area contributed by atoms with Crippen molar-refractivity contribution in [2.45, 2.75) is 64.6 Å². The molecule has 1 aromatic heterocycles. The summed E-state index contributed by atoms with van der Waals surface area (Å²) < 4.78 is 0. The zero-order valence-electron chi connectivity index (χ0n) is 18.0. The minimum Gasteiger partial charge on any atom is -0.350 e. The van der Waals surface area contributed by atoms with E-state index in [0.29, 0.717) is 32.2 Å². The molecule has 1 aromatic carbocycles. The second-order valence-electron chi connectivity index (χ2n) is 8.55. The molecule has 3 amide bonds. The molecule has 31 heavy (non-hydrogen) atoms. The van der Waals surface area contributed by atoms with Gasteiger partial charge < -0.3 is 10.6 Å². The lowest BCUT2D eigenvalue weighted by Crippen LogP contribution is -2.54. The van der Waals surface area contributed by atoms with Gasteiger partial charge in [0.2, 0.25) is 17.7 Å². The van der Waals surface area contributed by atoms with Gasteiger partial charge in [-0.15, -0.1) is 0 Å². The average Bonchev–Trinajstić information content (AvgIpc) is 3.39. The molecule has 2 aliphatic rings. The van der Waals surface area contributed by atoms with Gasteiger partial charge in [-0.1, -0.05) is 38.5 Å². The number of nitrogens with zero attached hydrogens (tertiary/aromatic N) is 2. The van der Waals surface area contributed by atoms with Crippen LogP contribution in [0, 0.1) is 5.92 Å². The third-order valence-electron chi connectivity index (χ3n) is 6.30. The number of rotatable bonds is 7. The van der Waals surface area contributed by atoms with E-state index in [1.807, 2.05) is 32.0 Å².